The summed E-state index contributed by atoms with van der Waals surface area (Å²) < 4.78 is 10.2. The zero-order valence-corrected chi connectivity index (χ0v) is 14.4. The molecule has 0 aromatic heterocycles. The lowest BCUT2D eigenvalue weighted by Crippen LogP contribution is -2.08. The van der Waals surface area contributed by atoms with Crippen LogP contribution in [0.15, 0.2) is 67.0 Å². The van der Waals surface area contributed by atoms with Crippen LogP contribution < -0.4 is 0 Å². The van der Waals surface area contributed by atoms with Crippen molar-refractivity contribution < 1.29 is 19.1 Å². The van der Waals surface area contributed by atoms with Crippen LogP contribution in [0.4, 0.5) is 0 Å². The minimum absolute atomic E-state index is 0.342. The van der Waals surface area contributed by atoms with Crippen LogP contribution in [0.3, 0.4) is 0 Å². The number of allylic oxidation sites excluding steroid dienone is 4. The predicted octanol–water partition coefficient (Wildman–Crippen LogP) is 4.14. The largest absolute Gasteiger partial charge is 0.462 e. The van der Waals surface area contributed by atoms with Crippen LogP contribution in [-0.4, -0.2) is 18.5 Å². The van der Waals surface area contributed by atoms with Crippen molar-refractivity contribution in [1.82, 2.24) is 0 Å². The summed E-state index contributed by atoms with van der Waals surface area (Å²) in [5, 5.41) is 0. The molecule has 1 aromatic rings. The predicted molar refractivity (Wildman–Crippen MR) is 97.5 cm³/mol. The molecule has 1 aromatic carbocycles. The molecule has 1 aliphatic rings. The van der Waals surface area contributed by atoms with E-state index < -0.39 is 5.97 Å². The second-order valence-corrected chi connectivity index (χ2v) is 5.81. The normalized spacial score (nSPS) is 13.3. The van der Waals surface area contributed by atoms with E-state index >= 15 is 0 Å². The summed E-state index contributed by atoms with van der Waals surface area (Å²) in [6.45, 7) is 8.91. The minimum atomic E-state index is -0.431. The number of rotatable bonds is 7. The first-order chi connectivity index (χ1) is 12.0. The number of ether oxygens (including phenoxy) is 2. The van der Waals surface area contributed by atoms with Gasteiger partial charge in [0.25, 0.3) is 0 Å². The molecular formula is C21H22O4. The van der Waals surface area contributed by atoms with Gasteiger partial charge in [0.1, 0.15) is 5.76 Å². The average Bonchev–Trinajstić information content (AvgIpc) is 2.62. The Morgan fingerprint density at radius 1 is 1.16 bits per heavy atom. The fourth-order valence-electron chi connectivity index (χ4n) is 2.38. The molecule has 25 heavy (non-hydrogen) atoms. The number of hydrogen-bond acceptors (Lipinski definition) is 4. The molecule has 0 saturated heterocycles. The summed E-state index contributed by atoms with van der Waals surface area (Å²) in [6, 6.07) is 8.16. The van der Waals surface area contributed by atoms with E-state index in [0.717, 1.165) is 23.6 Å². The summed E-state index contributed by atoms with van der Waals surface area (Å²) in [7, 11) is 0. The quantitative estimate of drug-likeness (QED) is 0.554. The van der Waals surface area contributed by atoms with Crippen LogP contribution in [0.2, 0.25) is 0 Å². The maximum absolute atomic E-state index is 11.3. The van der Waals surface area contributed by atoms with E-state index in [0.29, 0.717) is 30.8 Å². The standard InChI is InChI=1S/C21H22O4/c1-4-20(22)25-19-11-9-18(10-12-19)17-7-5-16(6-8-17)13-14-24-21(23)15(2)3/h4-9,11H,1-2,10,12-14H2,3H3. The van der Waals surface area contributed by atoms with Crippen LogP contribution >= 0.6 is 0 Å². The molecule has 0 amide bonds. The molecule has 0 unspecified atom stereocenters. The molecule has 0 bridgehead atoms. The minimum Gasteiger partial charge on any atom is -0.462 e. The first-order valence-corrected chi connectivity index (χ1v) is 8.15. The maximum Gasteiger partial charge on any atom is 0.335 e. The van der Waals surface area contributed by atoms with Gasteiger partial charge in [-0.15, -0.1) is 0 Å². The monoisotopic (exact) mass is 338 g/mol. The van der Waals surface area contributed by atoms with Gasteiger partial charge in [0.05, 0.1) is 6.61 Å². The third-order valence-electron chi connectivity index (χ3n) is 3.81. The van der Waals surface area contributed by atoms with E-state index in [1.807, 2.05) is 24.3 Å². The molecular weight excluding hydrogens is 316 g/mol. The van der Waals surface area contributed by atoms with Crippen molar-refractivity contribution in [2.75, 3.05) is 6.61 Å². The zero-order chi connectivity index (χ0) is 18.2. The van der Waals surface area contributed by atoms with Gasteiger partial charge in [-0.2, -0.15) is 0 Å². The number of hydrogen-bond donors (Lipinski definition) is 0. The molecule has 4 nitrogen and oxygen atoms in total. The summed E-state index contributed by atoms with van der Waals surface area (Å²) >= 11 is 0. The summed E-state index contributed by atoms with van der Waals surface area (Å²) in [6.07, 6.45) is 7.12. The Bertz CT molecular complexity index is 736. The van der Waals surface area contributed by atoms with Crippen LogP contribution in [0, 0.1) is 0 Å². The molecule has 0 N–H and O–H groups in total. The highest BCUT2D eigenvalue weighted by molar-refractivity contribution is 5.86. The third-order valence-corrected chi connectivity index (χ3v) is 3.81. The summed E-state index contributed by atoms with van der Waals surface area (Å²) in [4.78, 5) is 22.5. The van der Waals surface area contributed by atoms with Gasteiger partial charge in [0.2, 0.25) is 0 Å². The Hall–Kier alpha value is -2.88. The number of carbonyl (C=O) groups is 2. The van der Waals surface area contributed by atoms with Gasteiger partial charge >= 0.3 is 11.9 Å². The van der Waals surface area contributed by atoms with Gasteiger partial charge in [0.15, 0.2) is 0 Å². The Labute approximate surface area is 148 Å². The Morgan fingerprint density at radius 2 is 1.88 bits per heavy atom. The molecule has 2 rings (SSSR count). The van der Waals surface area contributed by atoms with E-state index in [-0.39, 0.29) is 5.97 Å². The first-order valence-electron chi connectivity index (χ1n) is 8.15. The molecule has 0 fully saturated rings. The fourth-order valence-corrected chi connectivity index (χ4v) is 2.38. The lowest BCUT2D eigenvalue weighted by atomic mass is 9.95. The van der Waals surface area contributed by atoms with E-state index in [1.54, 1.807) is 6.92 Å². The Balaban J connectivity index is 1.92. The smallest absolute Gasteiger partial charge is 0.335 e. The van der Waals surface area contributed by atoms with Crippen molar-refractivity contribution >= 4 is 17.5 Å². The van der Waals surface area contributed by atoms with Crippen molar-refractivity contribution in [2.24, 2.45) is 0 Å². The zero-order valence-electron chi connectivity index (χ0n) is 14.4. The van der Waals surface area contributed by atoms with E-state index in [1.165, 1.54) is 5.57 Å². The van der Waals surface area contributed by atoms with Gasteiger partial charge < -0.3 is 9.47 Å². The average molecular weight is 338 g/mol. The van der Waals surface area contributed by atoms with Gasteiger partial charge in [-0.25, -0.2) is 9.59 Å². The number of carbonyl (C=O) groups excluding carboxylic acids is 2. The molecule has 130 valence electrons. The lowest BCUT2D eigenvalue weighted by molar-refractivity contribution is -0.139. The first kappa shape index (κ1) is 18.5. The summed E-state index contributed by atoms with van der Waals surface area (Å²) in [5.74, 6) is -0.131. The van der Waals surface area contributed by atoms with Gasteiger partial charge in [-0.1, -0.05) is 43.5 Å². The molecule has 0 heterocycles. The second kappa shape index (κ2) is 8.83. The van der Waals surface area contributed by atoms with Crippen molar-refractivity contribution in [3.8, 4) is 0 Å². The number of benzene rings is 1. The van der Waals surface area contributed by atoms with Crippen molar-refractivity contribution in [3.63, 3.8) is 0 Å². The molecule has 0 saturated carbocycles. The highest BCUT2D eigenvalue weighted by Gasteiger charge is 2.11. The SMILES string of the molecule is C=CC(=O)OC1=CC=C(c2ccc(CCOC(=O)C(=C)C)cc2)CC1. The number of esters is 2. The second-order valence-electron chi connectivity index (χ2n) is 5.81. The van der Waals surface area contributed by atoms with E-state index in [2.05, 4.69) is 25.3 Å². The van der Waals surface area contributed by atoms with E-state index in [9.17, 15) is 9.59 Å². The van der Waals surface area contributed by atoms with Crippen molar-refractivity contribution in [1.29, 1.82) is 0 Å². The topological polar surface area (TPSA) is 52.6 Å². The van der Waals surface area contributed by atoms with Gasteiger partial charge in [0, 0.05) is 24.5 Å². The molecule has 0 aliphatic heterocycles. The van der Waals surface area contributed by atoms with Crippen LogP contribution in [0.25, 0.3) is 5.57 Å². The third kappa shape index (κ3) is 5.60. The molecule has 0 atom stereocenters. The Kier molecular flexibility index (Phi) is 6.52. The molecule has 4 heteroatoms. The maximum atomic E-state index is 11.3. The summed E-state index contributed by atoms with van der Waals surface area (Å²) in [5.41, 5.74) is 3.84. The van der Waals surface area contributed by atoms with Crippen LogP contribution in [-0.2, 0) is 25.5 Å². The molecule has 1 aliphatic carbocycles. The van der Waals surface area contributed by atoms with E-state index in [4.69, 9.17) is 9.47 Å². The lowest BCUT2D eigenvalue weighted by Gasteiger charge is -2.14. The highest BCUT2D eigenvalue weighted by atomic mass is 16.5. The van der Waals surface area contributed by atoms with Crippen molar-refractivity contribution in [3.05, 3.63) is 78.1 Å². The van der Waals surface area contributed by atoms with Crippen LogP contribution in [0.5, 0.6) is 0 Å². The van der Waals surface area contributed by atoms with Crippen molar-refractivity contribution in [2.45, 2.75) is 26.2 Å². The molecule has 0 spiro atoms. The highest BCUT2D eigenvalue weighted by Crippen LogP contribution is 2.27. The fraction of sp³-hybridized carbons (Fsp3) is 0.238. The van der Waals surface area contributed by atoms with Gasteiger partial charge in [-0.3, -0.25) is 0 Å². The Morgan fingerprint density at radius 3 is 2.44 bits per heavy atom. The molecule has 0 radical (unpaired) electrons. The van der Waals surface area contributed by atoms with Gasteiger partial charge in [-0.05, 0) is 36.1 Å². The van der Waals surface area contributed by atoms with Crippen LogP contribution in [0.1, 0.15) is 30.9 Å².